The molecule has 1 aliphatic heterocycles. The van der Waals surface area contributed by atoms with Crippen LogP contribution < -0.4 is 10.5 Å². The summed E-state index contributed by atoms with van der Waals surface area (Å²) in [6.07, 6.45) is -1.59. The van der Waals surface area contributed by atoms with E-state index < -0.39 is 60.2 Å². The number of fused-ring (bicyclic) bond motifs is 2. The highest BCUT2D eigenvalue weighted by atomic mass is 16.7. The van der Waals surface area contributed by atoms with Crippen LogP contribution in [-0.4, -0.2) is 84.0 Å². The first-order chi connectivity index (χ1) is 22.5. The van der Waals surface area contributed by atoms with Crippen LogP contribution in [0.1, 0.15) is 43.8 Å². The van der Waals surface area contributed by atoms with E-state index >= 15 is 0 Å². The Balaban J connectivity index is 1.27. The summed E-state index contributed by atoms with van der Waals surface area (Å²) in [5, 5.41) is 64.3. The Bertz CT molecular complexity index is 1760. The lowest BCUT2D eigenvalue weighted by atomic mass is 9.70. The predicted molar refractivity (Wildman–Crippen MR) is 167 cm³/mol. The first-order valence-electron chi connectivity index (χ1n) is 15.3. The third kappa shape index (κ3) is 6.07. The van der Waals surface area contributed by atoms with Crippen LogP contribution >= 0.6 is 0 Å². The molecule has 3 aromatic rings. The largest absolute Gasteiger partial charge is 0.511 e. The fraction of sp³-hybridized carbons (Fsp3) is 0.343. The van der Waals surface area contributed by atoms with Gasteiger partial charge in [-0.3, -0.25) is 9.59 Å². The Morgan fingerprint density at radius 1 is 0.957 bits per heavy atom. The SMILES string of the molecule is Nc1cc(CC[C@]2(O)[C@H](O)[C@@H](CO)O[C@@H](Oc3cccc4c3C(=O)[C@@H]3C(O)=CC(Cc5cccc(CO)c5)=C[C@@H]3C4=O)[C@@H]2O)ccn1. The summed E-state index contributed by atoms with van der Waals surface area (Å²) in [5.41, 5.74) is 6.37. The minimum Gasteiger partial charge on any atom is -0.511 e. The molecule has 1 aromatic heterocycles. The normalized spacial score (nSPS) is 28.6. The minimum absolute atomic E-state index is 0.0518. The standard InChI is InChI=1S/C35H36N2O10/c36-27-15-18(8-10-37-27)7-9-35(45)32(43)26(17-39)47-34(33(35)44)46-25-6-2-5-22-29(25)31(42)28-23(30(22)41)13-21(14-24(28)40)12-19-3-1-4-20(11-19)16-38/h1-6,8,10-11,13-15,23,26,28,32-34,38-40,43-45H,7,9,12,16-17H2,(H2,36,37)/t23-,26+,28-,32+,33-,34+,35-/m0/s1. The molecule has 47 heavy (non-hydrogen) atoms. The number of hydrogen-bond acceptors (Lipinski definition) is 12. The number of ketones is 2. The lowest BCUT2D eigenvalue weighted by Crippen LogP contribution is -2.68. The van der Waals surface area contributed by atoms with E-state index in [0.717, 1.165) is 11.1 Å². The average Bonchev–Trinajstić information content (AvgIpc) is 3.06. The second kappa shape index (κ2) is 13.0. The van der Waals surface area contributed by atoms with Gasteiger partial charge < -0.3 is 45.8 Å². The Kier molecular flexibility index (Phi) is 8.99. The van der Waals surface area contributed by atoms with Crippen molar-refractivity contribution in [2.24, 2.45) is 11.8 Å². The van der Waals surface area contributed by atoms with Gasteiger partial charge in [-0.15, -0.1) is 0 Å². The summed E-state index contributed by atoms with van der Waals surface area (Å²) in [6, 6.07) is 14.9. The van der Waals surface area contributed by atoms with Gasteiger partial charge in [0.05, 0.1) is 30.6 Å². The maximum absolute atomic E-state index is 13.9. The number of ether oxygens (including phenoxy) is 2. The van der Waals surface area contributed by atoms with Gasteiger partial charge in [-0.25, -0.2) is 4.98 Å². The van der Waals surface area contributed by atoms with Crippen LogP contribution in [0.5, 0.6) is 5.75 Å². The molecule has 12 nitrogen and oxygen atoms in total. The molecule has 7 atom stereocenters. The van der Waals surface area contributed by atoms with Gasteiger partial charge in [0.15, 0.2) is 11.6 Å². The quantitative estimate of drug-likeness (QED) is 0.177. The topological polar surface area (TPSA) is 213 Å². The molecule has 0 unspecified atom stereocenters. The van der Waals surface area contributed by atoms with Crippen molar-refractivity contribution in [1.29, 1.82) is 0 Å². The highest BCUT2D eigenvalue weighted by Crippen LogP contribution is 2.43. The molecule has 1 saturated heterocycles. The number of nitrogen functional groups attached to an aromatic ring is 1. The number of aliphatic hydroxyl groups excluding tert-OH is 5. The number of hydrogen-bond donors (Lipinski definition) is 7. The van der Waals surface area contributed by atoms with Crippen molar-refractivity contribution in [3.8, 4) is 5.75 Å². The lowest BCUT2D eigenvalue weighted by molar-refractivity contribution is -0.315. The van der Waals surface area contributed by atoms with Gasteiger partial charge >= 0.3 is 0 Å². The molecule has 0 spiro atoms. The van der Waals surface area contributed by atoms with E-state index in [9.17, 15) is 40.2 Å². The summed E-state index contributed by atoms with van der Waals surface area (Å²) >= 11 is 0. The third-order valence-electron chi connectivity index (χ3n) is 9.14. The van der Waals surface area contributed by atoms with E-state index in [2.05, 4.69) is 4.98 Å². The predicted octanol–water partition coefficient (Wildman–Crippen LogP) is 1.57. The van der Waals surface area contributed by atoms with E-state index in [0.29, 0.717) is 17.6 Å². The molecule has 0 amide bonds. The number of aliphatic hydroxyl groups is 6. The monoisotopic (exact) mass is 644 g/mol. The molecule has 2 aromatic carbocycles. The summed E-state index contributed by atoms with van der Waals surface area (Å²) in [6.45, 7) is -0.846. The van der Waals surface area contributed by atoms with Gasteiger partial charge in [-0.2, -0.15) is 0 Å². The zero-order valence-electron chi connectivity index (χ0n) is 25.3. The molecule has 2 aliphatic carbocycles. The summed E-state index contributed by atoms with van der Waals surface area (Å²) in [5.74, 6) is -3.34. The van der Waals surface area contributed by atoms with E-state index in [1.807, 2.05) is 12.1 Å². The van der Waals surface area contributed by atoms with Gasteiger partial charge in [-0.1, -0.05) is 42.5 Å². The van der Waals surface area contributed by atoms with Crippen LogP contribution in [-0.2, 0) is 24.2 Å². The second-order valence-corrected chi connectivity index (χ2v) is 12.2. The van der Waals surface area contributed by atoms with Gasteiger partial charge in [0.25, 0.3) is 0 Å². The van der Waals surface area contributed by atoms with Crippen LogP contribution in [0.4, 0.5) is 5.82 Å². The number of anilines is 1. The number of carbonyl (C=O) groups excluding carboxylic acids is 2. The molecular weight excluding hydrogens is 608 g/mol. The minimum atomic E-state index is -2.21. The van der Waals surface area contributed by atoms with Crippen LogP contribution in [0.15, 0.2) is 84.3 Å². The molecule has 2 heterocycles. The van der Waals surface area contributed by atoms with Crippen molar-refractivity contribution >= 4 is 17.4 Å². The van der Waals surface area contributed by atoms with E-state index in [1.165, 1.54) is 30.5 Å². The van der Waals surface area contributed by atoms with Crippen molar-refractivity contribution < 1.29 is 49.7 Å². The molecule has 12 heteroatoms. The average molecular weight is 645 g/mol. The number of pyridine rings is 1. The number of carbonyl (C=O) groups is 2. The number of rotatable bonds is 9. The molecule has 3 aliphatic rings. The fourth-order valence-corrected chi connectivity index (χ4v) is 6.67. The Hall–Kier alpha value is -4.43. The number of Topliss-reactive ketones (excluding diaryl/α,β-unsaturated/α-hetero) is 2. The number of benzene rings is 2. The molecule has 0 radical (unpaired) electrons. The maximum atomic E-state index is 13.9. The molecule has 6 rings (SSSR count). The molecule has 246 valence electrons. The fourth-order valence-electron chi connectivity index (χ4n) is 6.67. The number of aromatic nitrogens is 1. The Morgan fingerprint density at radius 2 is 1.72 bits per heavy atom. The van der Waals surface area contributed by atoms with Gasteiger partial charge in [-0.05, 0) is 65.8 Å². The number of aryl methyl sites for hydroxylation is 1. The van der Waals surface area contributed by atoms with E-state index in [1.54, 1.807) is 30.3 Å². The summed E-state index contributed by atoms with van der Waals surface area (Å²) in [4.78, 5) is 31.7. The van der Waals surface area contributed by atoms with Crippen LogP contribution in [0, 0.1) is 11.8 Å². The number of allylic oxidation sites excluding steroid dienone is 4. The van der Waals surface area contributed by atoms with Crippen molar-refractivity contribution in [2.75, 3.05) is 12.3 Å². The molecular formula is C35H36N2O10. The summed E-state index contributed by atoms with van der Waals surface area (Å²) < 4.78 is 11.6. The van der Waals surface area contributed by atoms with Gasteiger partial charge in [0.1, 0.15) is 41.2 Å². The van der Waals surface area contributed by atoms with Crippen molar-refractivity contribution in [3.63, 3.8) is 0 Å². The van der Waals surface area contributed by atoms with Gasteiger partial charge in [0.2, 0.25) is 6.29 Å². The molecule has 0 bridgehead atoms. The Labute approximate surface area is 270 Å². The highest BCUT2D eigenvalue weighted by Gasteiger charge is 2.56. The van der Waals surface area contributed by atoms with Crippen molar-refractivity contribution in [3.05, 3.63) is 112 Å². The van der Waals surface area contributed by atoms with Gasteiger partial charge in [0, 0.05) is 11.8 Å². The van der Waals surface area contributed by atoms with E-state index in [4.69, 9.17) is 15.2 Å². The first-order valence-corrected chi connectivity index (χ1v) is 15.3. The zero-order valence-corrected chi connectivity index (χ0v) is 25.3. The second-order valence-electron chi connectivity index (χ2n) is 12.2. The number of nitrogens with two attached hydrogens (primary N) is 1. The highest BCUT2D eigenvalue weighted by molar-refractivity contribution is 6.19. The van der Waals surface area contributed by atoms with Crippen molar-refractivity contribution in [1.82, 2.24) is 4.98 Å². The van der Waals surface area contributed by atoms with Crippen LogP contribution in [0.2, 0.25) is 0 Å². The summed E-state index contributed by atoms with van der Waals surface area (Å²) in [7, 11) is 0. The van der Waals surface area contributed by atoms with Crippen molar-refractivity contribution in [2.45, 2.75) is 56.1 Å². The third-order valence-corrected chi connectivity index (χ3v) is 9.14. The zero-order chi connectivity index (χ0) is 33.5. The number of nitrogens with zero attached hydrogens (tertiary/aromatic N) is 1. The smallest absolute Gasteiger partial charge is 0.229 e. The molecule has 0 saturated carbocycles. The van der Waals surface area contributed by atoms with E-state index in [-0.39, 0.29) is 47.9 Å². The lowest BCUT2D eigenvalue weighted by Gasteiger charge is -2.48. The van der Waals surface area contributed by atoms with Crippen LogP contribution in [0.3, 0.4) is 0 Å². The maximum Gasteiger partial charge on any atom is 0.229 e. The first kappa shape index (κ1) is 32.5. The van der Waals surface area contributed by atoms with Crippen LogP contribution in [0.25, 0.3) is 0 Å². The molecule has 1 fully saturated rings. The Morgan fingerprint density at radius 3 is 2.47 bits per heavy atom. The molecule has 8 N–H and O–H groups in total.